The molecule has 2 aliphatic rings. The summed E-state index contributed by atoms with van der Waals surface area (Å²) < 4.78 is 14.3. The van der Waals surface area contributed by atoms with Crippen LogP contribution in [0, 0.1) is 5.82 Å². The number of hydrogen-bond acceptors (Lipinski definition) is 4. The quantitative estimate of drug-likeness (QED) is 0.613. The van der Waals surface area contributed by atoms with Gasteiger partial charge in [-0.05, 0) is 37.3 Å². The van der Waals surface area contributed by atoms with Gasteiger partial charge in [0.1, 0.15) is 11.6 Å². The Bertz CT molecular complexity index is 1270. The second-order valence-corrected chi connectivity index (χ2v) is 9.10. The van der Waals surface area contributed by atoms with Crippen molar-refractivity contribution in [2.75, 3.05) is 6.54 Å². The summed E-state index contributed by atoms with van der Waals surface area (Å²) in [6.07, 6.45) is 1.26. The van der Waals surface area contributed by atoms with Crippen LogP contribution in [0.15, 0.2) is 53.3 Å². The van der Waals surface area contributed by atoms with E-state index in [-0.39, 0.29) is 28.1 Å². The van der Waals surface area contributed by atoms with Crippen molar-refractivity contribution in [1.29, 1.82) is 0 Å². The van der Waals surface area contributed by atoms with E-state index in [4.69, 9.17) is 16.6 Å². The van der Waals surface area contributed by atoms with Crippen LogP contribution in [0.5, 0.6) is 0 Å². The Hall–Kier alpha value is -3.03. The highest BCUT2D eigenvalue weighted by molar-refractivity contribution is 6.30. The first-order valence-electron chi connectivity index (χ1n) is 11.0. The molecule has 1 aliphatic carbocycles. The predicted octanol–water partition coefficient (Wildman–Crippen LogP) is 3.65. The van der Waals surface area contributed by atoms with E-state index in [1.807, 2.05) is 18.2 Å². The van der Waals surface area contributed by atoms with Gasteiger partial charge >= 0.3 is 0 Å². The first-order valence-corrected chi connectivity index (χ1v) is 11.4. The minimum absolute atomic E-state index is 0.00830. The first-order chi connectivity index (χ1) is 15.9. The second kappa shape index (κ2) is 8.39. The van der Waals surface area contributed by atoms with Crippen LogP contribution in [0.2, 0.25) is 5.02 Å². The highest BCUT2D eigenvalue weighted by atomic mass is 35.5. The molecule has 0 spiro atoms. The maximum Gasteiger partial charge on any atom is 0.256 e. The van der Waals surface area contributed by atoms with Crippen LogP contribution in [0.4, 0.5) is 4.39 Å². The molecule has 6 nitrogen and oxygen atoms in total. The molecule has 1 atom stereocenters. The average molecular weight is 468 g/mol. The van der Waals surface area contributed by atoms with Crippen LogP contribution in [0.25, 0.3) is 0 Å². The fraction of sp³-hybridized carbons (Fsp3) is 0.320. The van der Waals surface area contributed by atoms with Gasteiger partial charge in [-0.15, -0.1) is 0 Å². The van der Waals surface area contributed by atoms with Crippen LogP contribution in [0.1, 0.15) is 53.6 Å². The highest BCUT2D eigenvalue weighted by Crippen LogP contribution is 2.51. The molecule has 0 saturated heterocycles. The Morgan fingerprint density at radius 1 is 1.18 bits per heavy atom. The monoisotopic (exact) mass is 467 g/mol. The molecule has 1 aliphatic heterocycles. The lowest BCUT2D eigenvalue weighted by molar-refractivity contribution is -0.141. The zero-order valence-electron chi connectivity index (χ0n) is 17.9. The van der Waals surface area contributed by atoms with Crippen LogP contribution in [-0.2, 0) is 23.2 Å². The third kappa shape index (κ3) is 3.85. The number of hydrogen-bond donors (Lipinski definition) is 2. The topological polar surface area (TPSA) is 86.3 Å². The predicted molar refractivity (Wildman–Crippen MR) is 121 cm³/mol. The van der Waals surface area contributed by atoms with Gasteiger partial charge in [0.25, 0.3) is 11.5 Å². The van der Waals surface area contributed by atoms with Crippen molar-refractivity contribution in [3.05, 3.63) is 97.9 Å². The molecule has 1 fully saturated rings. The number of aromatic nitrogens is 2. The second-order valence-electron chi connectivity index (χ2n) is 8.70. The third-order valence-corrected chi connectivity index (χ3v) is 6.93. The van der Waals surface area contributed by atoms with E-state index in [2.05, 4.69) is 17.1 Å². The van der Waals surface area contributed by atoms with E-state index in [0.29, 0.717) is 36.5 Å². The van der Waals surface area contributed by atoms with Crippen molar-refractivity contribution in [3.63, 3.8) is 0 Å². The molecular formula is C25H23ClFN3O3. The number of aliphatic hydroxyl groups excluding tert-OH is 1. The molecule has 33 heavy (non-hydrogen) atoms. The molecule has 1 saturated carbocycles. The van der Waals surface area contributed by atoms with Crippen molar-refractivity contribution >= 4 is 17.5 Å². The van der Waals surface area contributed by atoms with Crippen molar-refractivity contribution in [2.24, 2.45) is 0 Å². The van der Waals surface area contributed by atoms with E-state index in [1.54, 1.807) is 0 Å². The number of carbonyl (C=O) groups excluding carboxylic acids is 1. The minimum Gasteiger partial charge on any atom is -0.378 e. The number of amides is 1. The maximum atomic E-state index is 14.3. The summed E-state index contributed by atoms with van der Waals surface area (Å²) in [6, 6.07) is 14.2. The molecule has 0 radical (unpaired) electrons. The van der Waals surface area contributed by atoms with Crippen LogP contribution in [-0.4, -0.2) is 32.4 Å². The summed E-state index contributed by atoms with van der Waals surface area (Å²) in [4.78, 5) is 35.2. The van der Waals surface area contributed by atoms with E-state index in [0.717, 1.165) is 18.4 Å². The van der Waals surface area contributed by atoms with Gasteiger partial charge in [0.15, 0.2) is 6.10 Å². The Morgan fingerprint density at radius 3 is 2.67 bits per heavy atom. The van der Waals surface area contributed by atoms with Gasteiger partial charge in [0, 0.05) is 12.1 Å². The van der Waals surface area contributed by atoms with Crippen molar-refractivity contribution in [1.82, 2.24) is 14.9 Å². The molecule has 3 aromatic rings. The molecule has 1 unspecified atom stereocenters. The van der Waals surface area contributed by atoms with E-state index in [9.17, 15) is 19.1 Å². The fourth-order valence-electron chi connectivity index (χ4n) is 4.62. The Labute approximate surface area is 195 Å². The van der Waals surface area contributed by atoms with E-state index >= 15 is 0 Å². The summed E-state index contributed by atoms with van der Waals surface area (Å²) in [7, 11) is 0. The van der Waals surface area contributed by atoms with Gasteiger partial charge in [-0.2, -0.15) is 0 Å². The maximum absolute atomic E-state index is 14.3. The normalized spacial score (nSPS) is 17.7. The third-order valence-electron chi connectivity index (χ3n) is 6.64. The van der Waals surface area contributed by atoms with Crippen LogP contribution >= 0.6 is 11.6 Å². The van der Waals surface area contributed by atoms with Gasteiger partial charge in [-0.3, -0.25) is 9.59 Å². The Balaban J connectivity index is 1.44. The molecular weight excluding hydrogens is 445 g/mol. The first kappa shape index (κ1) is 21.8. The van der Waals surface area contributed by atoms with Crippen molar-refractivity contribution < 1.29 is 14.3 Å². The van der Waals surface area contributed by atoms with Crippen molar-refractivity contribution in [2.45, 2.75) is 43.7 Å². The fourth-order valence-corrected chi connectivity index (χ4v) is 4.80. The number of halogens is 2. The number of H-pyrrole nitrogens is 1. The molecule has 1 aromatic heterocycles. The number of fused-ring (bicyclic) bond motifs is 1. The molecule has 8 heteroatoms. The number of aryl methyl sites for hydroxylation is 1. The van der Waals surface area contributed by atoms with E-state index < -0.39 is 17.8 Å². The van der Waals surface area contributed by atoms with Crippen LogP contribution < -0.4 is 5.56 Å². The zero-order chi connectivity index (χ0) is 23.2. The molecule has 2 N–H and O–H groups in total. The van der Waals surface area contributed by atoms with Crippen molar-refractivity contribution in [3.8, 4) is 0 Å². The lowest BCUT2D eigenvalue weighted by atomic mass is 9.94. The molecule has 170 valence electrons. The Kier molecular flexibility index (Phi) is 5.54. The smallest absolute Gasteiger partial charge is 0.256 e. The van der Waals surface area contributed by atoms with Gasteiger partial charge in [0.2, 0.25) is 0 Å². The van der Waals surface area contributed by atoms with Gasteiger partial charge in [-0.25, -0.2) is 9.37 Å². The largest absolute Gasteiger partial charge is 0.378 e. The summed E-state index contributed by atoms with van der Waals surface area (Å²) in [5, 5.41) is 10.4. The van der Waals surface area contributed by atoms with Gasteiger partial charge < -0.3 is 15.0 Å². The molecule has 0 bridgehead atoms. The summed E-state index contributed by atoms with van der Waals surface area (Å²) in [5.74, 6) is -0.830. The number of aromatic amines is 1. The lowest BCUT2D eigenvalue weighted by Gasteiger charge is -2.24. The minimum atomic E-state index is -1.70. The summed E-state index contributed by atoms with van der Waals surface area (Å²) in [5.41, 5.74) is 1.49. The molecule has 5 rings (SSSR count). The number of aliphatic hydroxyl groups is 1. The number of rotatable bonds is 4. The summed E-state index contributed by atoms with van der Waals surface area (Å²) >= 11 is 5.80. The number of carbonyl (C=O) groups is 1. The SMILES string of the molecule is O=C(C(O)c1cccc(Cl)c1F)N1CCCc2nc(C3(c4ccccc4)CC3)[nH]c(=O)c2C1. The summed E-state index contributed by atoms with van der Waals surface area (Å²) in [6.45, 7) is 0.335. The van der Waals surface area contributed by atoms with E-state index in [1.165, 1.54) is 23.1 Å². The number of nitrogens with one attached hydrogen (secondary N) is 1. The zero-order valence-corrected chi connectivity index (χ0v) is 18.6. The van der Waals surface area contributed by atoms with Crippen LogP contribution in [0.3, 0.4) is 0 Å². The molecule has 2 aromatic carbocycles. The lowest BCUT2D eigenvalue weighted by Crippen LogP contribution is -2.37. The average Bonchev–Trinajstić information content (AvgIpc) is 3.65. The molecule has 1 amide bonds. The van der Waals surface area contributed by atoms with Gasteiger partial charge in [-0.1, -0.05) is 54.1 Å². The standard InChI is InChI=1S/C25H23ClFN3O3/c26-18-9-4-8-16(20(18)27)21(31)23(33)30-13-5-10-19-17(14-30)22(32)29-24(28-19)25(11-12-25)15-6-2-1-3-7-15/h1-4,6-9,21,31H,5,10-14H2,(H,28,29,32). The molecule has 2 heterocycles. The highest BCUT2D eigenvalue weighted by Gasteiger charge is 2.48. The Morgan fingerprint density at radius 2 is 1.94 bits per heavy atom. The number of nitrogens with zero attached hydrogens (tertiary/aromatic N) is 2. The number of benzene rings is 2. The van der Waals surface area contributed by atoms with Gasteiger partial charge in [0.05, 0.1) is 28.2 Å².